The van der Waals surface area contributed by atoms with E-state index in [2.05, 4.69) is 15.2 Å². The number of hydrogen-bond donors (Lipinski definition) is 1. The first-order chi connectivity index (χ1) is 15.7. The van der Waals surface area contributed by atoms with Gasteiger partial charge in [0, 0.05) is 23.8 Å². The highest BCUT2D eigenvalue weighted by Gasteiger charge is 2.43. The Morgan fingerprint density at radius 2 is 1.84 bits per heavy atom. The van der Waals surface area contributed by atoms with Crippen LogP contribution in [0.3, 0.4) is 0 Å². The molecule has 2 atom stereocenters. The number of methoxy groups -OCH3 is 1. The summed E-state index contributed by atoms with van der Waals surface area (Å²) in [5, 5.41) is 4.02. The maximum Gasteiger partial charge on any atom is 0.174 e. The Hall–Kier alpha value is -3.71. The average Bonchev–Trinajstić information content (AvgIpc) is 3.44. The normalized spacial score (nSPS) is 17.9. The Labute approximate surface area is 191 Å². The molecule has 1 N–H and O–H groups in total. The summed E-state index contributed by atoms with van der Waals surface area (Å²) >= 11 is 5.80. The highest BCUT2D eigenvalue weighted by atomic mass is 32.1. The zero-order chi connectivity index (χ0) is 22.1. The number of pyridine rings is 1. The predicted octanol–water partition coefficient (Wildman–Crippen LogP) is 5.20. The van der Waals surface area contributed by atoms with Crippen molar-refractivity contribution in [3.8, 4) is 11.4 Å². The minimum absolute atomic E-state index is 0.212. The van der Waals surface area contributed by atoms with E-state index in [1.807, 2.05) is 71.4 Å². The van der Waals surface area contributed by atoms with Crippen LogP contribution < -0.4 is 15.0 Å². The van der Waals surface area contributed by atoms with Gasteiger partial charge in [-0.15, -0.1) is 0 Å². The molecule has 3 heterocycles. The molecule has 0 aliphatic carbocycles. The molecule has 160 valence electrons. The average molecular weight is 445 g/mol. The minimum atomic E-state index is -0.287. The van der Waals surface area contributed by atoms with Gasteiger partial charge >= 0.3 is 0 Å². The number of nitrogens with zero attached hydrogens (tertiary/aromatic N) is 3. The Balaban J connectivity index is 1.70. The number of hydrogen-bond acceptors (Lipinski definition) is 3. The van der Waals surface area contributed by atoms with E-state index >= 15 is 0 Å². The lowest BCUT2D eigenvalue weighted by Crippen LogP contribution is -2.30. The fourth-order valence-corrected chi connectivity index (χ4v) is 4.58. The fourth-order valence-electron chi connectivity index (χ4n) is 4.24. The van der Waals surface area contributed by atoms with Gasteiger partial charge in [0.2, 0.25) is 0 Å². The maximum absolute atomic E-state index is 14.0. The van der Waals surface area contributed by atoms with E-state index in [-0.39, 0.29) is 17.9 Å². The third-order valence-electron chi connectivity index (χ3n) is 5.61. The number of thiocarbonyl (C=S) groups is 1. The van der Waals surface area contributed by atoms with Crippen molar-refractivity contribution in [2.45, 2.75) is 12.1 Å². The van der Waals surface area contributed by atoms with Crippen molar-refractivity contribution < 1.29 is 9.13 Å². The number of ether oxygens (including phenoxy) is 1. The van der Waals surface area contributed by atoms with E-state index in [0.717, 1.165) is 22.8 Å². The number of benzene rings is 2. The van der Waals surface area contributed by atoms with Crippen LogP contribution in [0.2, 0.25) is 0 Å². The third kappa shape index (κ3) is 3.50. The van der Waals surface area contributed by atoms with Gasteiger partial charge in [-0.05, 0) is 66.8 Å². The van der Waals surface area contributed by atoms with Crippen LogP contribution in [0.1, 0.15) is 23.5 Å². The first-order valence-corrected chi connectivity index (χ1v) is 10.6. The van der Waals surface area contributed by atoms with Crippen LogP contribution in [-0.4, -0.2) is 21.8 Å². The smallest absolute Gasteiger partial charge is 0.174 e. The zero-order valence-corrected chi connectivity index (χ0v) is 18.2. The van der Waals surface area contributed by atoms with E-state index in [1.54, 1.807) is 19.4 Å². The third-order valence-corrected chi connectivity index (χ3v) is 5.93. The molecule has 2 aromatic heterocycles. The molecule has 5 nitrogen and oxygen atoms in total. The summed E-state index contributed by atoms with van der Waals surface area (Å²) in [5.41, 5.74) is 3.40. The van der Waals surface area contributed by atoms with Crippen molar-refractivity contribution >= 4 is 23.0 Å². The van der Waals surface area contributed by atoms with Crippen molar-refractivity contribution in [1.82, 2.24) is 14.9 Å². The van der Waals surface area contributed by atoms with Gasteiger partial charge in [0.05, 0.1) is 24.5 Å². The lowest BCUT2D eigenvalue weighted by Gasteiger charge is -2.29. The van der Waals surface area contributed by atoms with Crippen molar-refractivity contribution in [1.29, 1.82) is 0 Å². The van der Waals surface area contributed by atoms with Gasteiger partial charge in [0.1, 0.15) is 17.6 Å². The van der Waals surface area contributed by atoms with E-state index in [0.29, 0.717) is 10.9 Å². The fraction of sp³-hybridized carbons (Fsp3) is 0.120. The van der Waals surface area contributed by atoms with E-state index in [4.69, 9.17) is 17.0 Å². The second-order valence-electron chi connectivity index (χ2n) is 7.45. The molecule has 0 saturated carbocycles. The van der Waals surface area contributed by atoms with Gasteiger partial charge in [-0.3, -0.25) is 4.98 Å². The van der Waals surface area contributed by atoms with Crippen LogP contribution in [0.4, 0.5) is 10.1 Å². The zero-order valence-electron chi connectivity index (χ0n) is 17.4. The van der Waals surface area contributed by atoms with Crippen molar-refractivity contribution in [2.24, 2.45) is 0 Å². The molecule has 32 heavy (non-hydrogen) atoms. The molecule has 1 aliphatic heterocycles. The Morgan fingerprint density at radius 1 is 1.00 bits per heavy atom. The van der Waals surface area contributed by atoms with E-state index in [9.17, 15) is 4.39 Å². The first-order valence-electron chi connectivity index (χ1n) is 10.2. The maximum atomic E-state index is 14.0. The quantitative estimate of drug-likeness (QED) is 0.429. The summed E-state index contributed by atoms with van der Waals surface area (Å²) < 4.78 is 21.7. The first kappa shape index (κ1) is 20.2. The van der Waals surface area contributed by atoms with Crippen molar-refractivity contribution in [2.75, 3.05) is 12.0 Å². The summed E-state index contributed by atoms with van der Waals surface area (Å²) in [5.74, 6) is 0.428. The Morgan fingerprint density at radius 3 is 2.62 bits per heavy atom. The second kappa shape index (κ2) is 8.43. The van der Waals surface area contributed by atoms with Crippen LogP contribution >= 0.6 is 12.2 Å². The van der Waals surface area contributed by atoms with E-state index in [1.165, 1.54) is 12.1 Å². The molecular formula is C25H21FN4OS. The molecule has 0 radical (unpaired) electrons. The summed E-state index contributed by atoms with van der Waals surface area (Å²) in [4.78, 5) is 6.65. The molecule has 5 rings (SSSR count). The number of halogens is 1. The summed E-state index contributed by atoms with van der Waals surface area (Å²) in [6.45, 7) is 0. The SMILES string of the molecule is COc1ccccc1N1C(=S)N[C@@H](c2ccccn2)[C@@H]1c1cccn1-c1cccc(F)c1. The highest BCUT2D eigenvalue weighted by molar-refractivity contribution is 7.80. The molecular weight excluding hydrogens is 423 g/mol. The topological polar surface area (TPSA) is 42.3 Å². The molecule has 1 aliphatic rings. The number of rotatable bonds is 5. The molecule has 4 aromatic rings. The summed E-state index contributed by atoms with van der Waals surface area (Å²) in [7, 11) is 1.64. The minimum Gasteiger partial charge on any atom is -0.495 e. The number of anilines is 1. The summed E-state index contributed by atoms with van der Waals surface area (Å²) in [6, 6.07) is 23.7. The van der Waals surface area contributed by atoms with Gasteiger partial charge in [-0.1, -0.05) is 24.3 Å². The number of nitrogens with one attached hydrogen (secondary N) is 1. The molecule has 0 unspecified atom stereocenters. The molecule has 0 bridgehead atoms. The van der Waals surface area contributed by atoms with Gasteiger partial charge in [0.25, 0.3) is 0 Å². The Kier molecular flexibility index (Phi) is 5.33. The van der Waals surface area contributed by atoms with Gasteiger partial charge in [-0.25, -0.2) is 4.39 Å². The molecule has 7 heteroatoms. The van der Waals surface area contributed by atoms with Crippen LogP contribution in [0, 0.1) is 5.82 Å². The second-order valence-corrected chi connectivity index (χ2v) is 7.84. The van der Waals surface area contributed by atoms with E-state index < -0.39 is 0 Å². The number of aromatic nitrogens is 2. The molecule has 0 spiro atoms. The van der Waals surface area contributed by atoms with Crippen LogP contribution in [-0.2, 0) is 0 Å². The van der Waals surface area contributed by atoms with Crippen molar-refractivity contribution in [3.63, 3.8) is 0 Å². The molecule has 1 saturated heterocycles. The number of para-hydroxylation sites is 2. The van der Waals surface area contributed by atoms with Gasteiger partial charge in [0.15, 0.2) is 5.11 Å². The van der Waals surface area contributed by atoms with Crippen LogP contribution in [0.25, 0.3) is 5.69 Å². The molecule has 2 aromatic carbocycles. The van der Waals surface area contributed by atoms with Crippen molar-refractivity contribution in [3.05, 3.63) is 108 Å². The van der Waals surface area contributed by atoms with Crippen LogP contribution in [0.15, 0.2) is 91.3 Å². The predicted molar refractivity (Wildman–Crippen MR) is 127 cm³/mol. The van der Waals surface area contributed by atoms with Crippen LogP contribution in [0.5, 0.6) is 5.75 Å². The largest absolute Gasteiger partial charge is 0.495 e. The monoisotopic (exact) mass is 444 g/mol. The lowest BCUT2D eigenvalue weighted by molar-refractivity contribution is 0.414. The summed E-state index contributed by atoms with van der Waals surface area (Å²) in [6.07, 6.45) is 3.70. The molecule has 1 fully saturated rings. The Bertz CT molecular complexity index is 1260. The molecule has 0 amide bonds. The standard InChI is InChI=1S/C25H21FN4OS/c1-31-22-13-3-2-11-20(22)30-24(23(28-25(30)32)19-10-4-5-14-27-19)21-12-7-15-29(21)18-9-6-8-17(26)16-18/h2-16,23-24H,1H3,(H,28,32)/t23-,24-/m0/s1. The lowest BCUT2D eigenvalue weighted by atomic mass is 10.0. The van der Waals surface area contributed by atoms with Gasteiger partial charge < -0.3 is 19.5 Å². The highest BCUT2D eigenvalue weighted by Crippen LogP contribution is 2.44. The van der Waals surface area contributed by atoms with Gasteiger partial charge in [-0.2, -0.15) is 0 Å².